The standard InChI is InChI=1S/C12H20N2O3S/c1-3-11(8-17-2)14-18(15,16)9-10-6-4-5-7-12(10)13/h4-7,11,14H,3,8-9,13H2,1-2H3. The van der Waals surface area contributed by atoms with Crippen LogP contribution in [0.4, 0.5) is 5.69 Å². The van der Waals surface area contributed by atoms with Crippen molar-refractivity contribution >= 4 is 15.7 Å². The molecule has 1 aromatic carbocycles. The van der Waals surface area contributed by atoms with Gasteiger partial charge in [-0.2, -0.15) is 0 Å². The lowest BCUT2D eigenvalue weighted by Gasteiger charge is -2.16. The number of nitrogen functional groups attached to an aromatic ring is 1. The lowest BCUT2D eigenvalue weighted by Crippen LogP contribution is -2.38. The highest BCUT2D eigenvalue weighted by atomic mass is 32.2. The summed E-state index contributed by atoms with van der Waals surface area (Å²) in [5, 5.41) is 0. The van der Waals surface area contributed by atoms with Gasteiger partial charge in [0.2, 0.25) is 10.0 Å². The van der Waals surface area contributed by atoms with Gasteiger partial charge in [-0.3, -0.25) is 0 Å². The van der Waals surface area contributed by atoms with Gasteiger partial charge in [0.05, 0.1) is 12.4 Å². The molecule has 0 bridgehead atoms. The minimum absolute atomic E-state index is 0.111. The Balaban J connectivity index is 2.73. The molecule has 0 aliphatic rings. The Labute approximate surface area is 108 Å². The number of ether oxygens (including phenoxy) is 1. The Kier molecular flexibility index (Phi) is 5.58. The van der Waals surface area contributed by atoms with Crippen molar-refractivity contribution < 1.29 is 13.2 Å². The van der Waals surface area contributed by atoms with E-state index in [1.807, 2.05) is 6.92 Å². The van der Waals surface area contributed by atoms with Crippen molar-refractivity contribution in [3.63, 3.8) is 0 Å². The second-order valence-corrected chi connectivity index (χ2v) is 5.89. The van der Waals surface area contributed by atoms with E-state index in [9.17, 15) is 8.42 Å². The van der Waals surface area contributed by atoms with Crippen LogP contribution >= 0.6 is 0 Å². The van der Waals surface area contributed by atoms with E-state index in [2.05, 4.69) is 4.72 Å². The highest BCUT2D eigenvalue weighted by molar-refractivity contribution is 7.88. The highest BCUT2D eigenvalue weighted by Gasteiger charge is 2.18. The predicted molar refractivity (Wildman–Crippen MR) is 72.6 cm³/mol. The van der Waals surface area contributed by atoms with Crippen molar-refractivity contribution in [1.29, 1.82) is 0 Å². The maximum atomic E-state index is 12.0. The Hall–Kier alpha value is -1.11. The van der Waals surface area contributed by atoms with Crippen molar-refractivity contribution in [2.24, 2.45) is 0 Å². The molecule has 6 heteroatoms. The molecule has 0 saturated heterocycles. The predicted octanol–water partition coefficient (Wildman–Crippen LogP) is 1.11. The summed E-state index contributed by atoms with van der Waals surface area (Å²) in [6, 6.07) is 6.75. The molecule has 18 heavy (non-hydrogen) atoms. The van der Waals surface area contributed by atoms with Crippen LogP contribution in [0, 0.1) is 0 Å². The van der Waals surface area contributed by atoms with E-state index in [0.29, 0.717) is 24.3 Å². The molecule has 102 valence electrons. The van der Waals surface area contributed by atoms with Crippen LogP contribution in [0.3, 0.4) is 0 Å². The van der Waals surface area contributed by atoms with E-state index < -0.39 is 10.0 Å². The molecule has 0 fully saturated rings. The number of nitrogens with one attached hydrogen (secondary N) is 1. The average Bonchev–Trinajstić information content (AvgIpc) is 2.31. The fourth-order valence-electron chi connectivity index (χ4n) is 1.60. The first kappa shape index (κ1) is 14.9. The molecule has 0 aliphatic carbocycles. The topological polar surface area (TPSA) is 81.4 Å². The zero-order valence-electron chi connectivity index (χ0n) is 10.7. The van der Waals surface area contributed by atoms with Crippen molar-refractivity contribution in [3.8, 4) is 0 Å². The van der Waals surface area contributed by atoms with E-state index in [1.54, 1.807) is 31.4 Å². The number of hydrogen-bond donors (Lipinski definition) is 2. The Morgan fingerprint density at radius 1 is 1.39 bits per heavy atom. The van der Waals surface area contributed by atoms with Gasteiger partial charge < -0.3 is 10.5 Å². The third kappa shape index (κ3) is 4.64. The number of sulfonamides is 1. The molecule has 5 nitrogen and oxygen atoms in total. The lowest BCUT2D eigenvalue weighted by atomic mass is 10.2. The summed E-state index contributed by atoms with van der Waals surface area (Å²) < 4.78 is 31.5. The summed E-state index contributed by atoms with van der Waals surface area (Å²) in [5.74, 6) is -0.111. The molecule has 1 atom stereocenters. The van der Waals surface area contributed by atoms with Gasteiger partial charge in [-0.1, -0.05) is 25.1 Å². The Morgan fingerprint density at radius 3 is 2.61 bits per heavy atom. The summed E-state index contributed by atoms with van der Waals surface area (Å²) in [5.41, 5.74) is 6.83. The number of anilines is 1. The summed E-state index contributed by atoms with van der Waals surface area (Å²) in [6.07, 6.45) is 0.678. The van der Waals surface area contributed by atoms with E-state index in [4.69, 9.17) is 10.5 Å². The first-order valence-electron chi connectivity index (χ1n) is 5.80. The minimum atomic E-state index is -3.40. The Morgan fingerprint density at radius 2 is 2.06 bits per heavy atom. The Bertz CT molecular complexity index is 474. The van der Waals surface area contributed by atoms with Crippen molar-refractivity contribution in [1.82, 2.24) is 4.72 Å². The quantitative estimate of drug-likeness (QED) is 0.729. The summed E-state index contributed by atoms with van der Waals surface area (Å²) in [7, 11) is -1.85. The molecule has 0 heterocycles. The fraction of sp³-hybridized carbons (Fsp3) is 0.500. The average molecular weight is 272 g/mol. The monoisotopic (exact) mass is 272 g/mol. The van der Waals surface area contributed by atoms with E-state index in [1.165, 1.54) is 0 Å². The fourth-order valence-corrected chi connectivity index (χ4v) is 3.10. The van der Waals surface area contributed by atoms with Crippen LogP contribution in [0.15, 0.2) is 24.3 Å². The van der Waals surface area contributed by atoms with Gasteiger partial charge in [0.1, 0.15) is 0 Å². The maximum Gasteiger partial charge on any atom is 0.216 e. The smallest absolute Gasteiger partial charge is 0.216 e. The molecule has 1 rings (SSSR count). The minimum Gasteiger partial charge on any atom is -0.398 e. The number of methoxy groups -OCH3 is 1. The van der Waals surface area contributed by atoms with E-state index >= 15 is 0 Å². The van der Waals surface area contributed by atoms with Gasteiger partial charge in [-0.25, -0.2) is 13.1 Å². The first-order valence-corrected chi connectivity index (χ1v) is 7.46. The van der Waals surface area contributed by atoms with Gasteiger partial charge >= 0.3 is 0 Å². The van der Waals surface area contributed by atoms with Crippen LogP contribution in [-0.4, -0.2) is 28.2 Å². The number of benzene rings is 1. The van der Waals surface area contributed by atoms with Crippen molar-refractivity contribution in [2.45, 2.75) is 25.1 Å². The molecule has 0 radical (unpaired) electrons. The third-order valence-corrected chi connectivity index (χ3v) is 3.99. The largest absolute Gasteiger partial charge is 0.398 e. The second-order valence-electron chi connectivity index (χ2n) is 4.14. The van der Waals surface area contributed by atoms with Crippen molar-refractivity contribution in [3.05, 3.63) is 29.8 Å². The molecule has 0 spiro atoms. The SMILES string of the molecule is CCC(COC)NS(=O)(=O)Cc1ccccc1N. The molecule has 0 saturated carbocycles. The van der Waals surface area contributed by atoms with Gasteiger partial charge in [-0.15, -0.1) is 0 Å². The molecule has 3 N–H and O–H groups in total. The highest BCUT2D eigenvalue weighted by Crippen LogP contribution is 2.14. The van der Waals surface area contributed by atoms with Gasteiger partial charge in [0.15, 0.2) is 0 Å². The molecule has 0 amide bonds. The molecule has 1 aromatic rings. The van der Waals surface area contributed by atoms with Crippen LogP contribution in [0.1, 0.15) is 18.9 Å². The van der Waals surface area contributed by atoms with Crippen LogP contribution in [0.5, 0.6) is 0 Å². The normalized spacial score (nSPS) is 13.4. The molecule has 0 aromatic heterocycles. The van der Waals surface area contributed by atoms with Crippen LogP contribution < -0.4 is 10.5 Å². The number of nitrogens with two attached hydrogens (primary N) is 1. The van der Waals surface area contributed by atoms with Gasteiger partial charge in [0.25, 0.3) is 0 Å². The van der Waals surface area contributed by atoms with Gasteiger partial charge in [-0.05, 0) is 18.1 Å². The zero-order chi connectivity index (χ0) is 13.6. The zero-order valence-corrected chi connectivity index (χ0v) is 11.5. The maximum absolute atomic E-state index is 12.0. The second kappa shape index (κ2) is 6.72. The van der Waals surface area contributed by atoms with E-state index in [-0.39, 0.29) is 11.8 Å². The molecule has 1 unspecified atom stereocenters. The summed E-state index contributed by atoms with van der Waals surface area (Å²) in [6.45, 7) is 2.27. The number of rotatable bonds is 7. The summed E-state index contributed by atoms with van der Waals surface area (Å²) in [4.78, 5) is 0. The molecular formula is C12H20N2O3S. The first-order chi connectivity index (χ1) is 8.48. The van der Waals surface area contributed by atoms with Crippen LogP contribution in [-0.2, 0) is 20.5 Å². The van der Waals surface area contributed by atoms with Crippen molar-refractivity contribution in [2.75, 3.05) is 19.5 Å². The molecular weight excluding hydrogens is 252 g/mol. The number of para-hydroxylation sites is 1. The summed E-state index contributed by atoms with van der Waals surface area (Å²) >= 11 is 0. The van der Waals surface area contributed by atoms with Crippen LogP contribution in [0.25, 0.3) is 0 Å². The lowest BCUT2D eigenvalue weighted by molar-refractivity contribution is 0.173. The van der Waals surface area contributed by atoms with Crippen LogP contribution in [0.2, 0.25) is 0 Å². The van der Waals surface area contributed by atoms with Gasteiger partial charge in [0, 0.05) is 18.8 Å². The van der Waals surface area contributed by atoms with E-state index in [0.717, 1.165) is 0 Å². The third-order valence-electron chi connectivity index (χ3n) is 2.61. The number of hydrogen-bond acceptors (Lipinski definition) is 4. The molecule has 0 aliphatic heterocycles.